The van der Waals surface area contributed by atoms with Crippen molar-refractivity contribution in [3.05, 3.63) is 96.1 Å². The molecular weight excluding hydrogens is 391 g/mol. The Morgan fingerprint density at radius 2 is 1.72 bits per heavy atom. The van der Waals surface area contributed by atoms with Crippen molar-refractivity contribution in [2.75, 3.05) is 6.54 Å². The Hall–Kier alpha value is -3.06. The van der Waals surface area contributed by atoms with Crippen LogP contribution in [0.1, 0.15) is 22.8 Å². The number of nitrogens with one attached hydrogen (secondary N) is 1. The van der Waals surface area contributed by atoms with Crippen molar-refractivity contribution in [1.82, 2.24) is 10.3 Å². The van der Waals surface area contributed by atoms with Crippen LogP contribution >= 0.6 is 0 Å². The van der Waals surface area contributed by atoms with Gasteiger partial charge in [-0.25, -0.2) is 12.8 Å². The molecule has 0 bridgehead atoms. The number of benzene rings is 2. The molecule has 3 rings (SSSR count). The second-order valence-electron chi connectivity index (χ2n) is 6.56. The number of rotatable bonds is 8. The molecule has 0 aliphatic rings. The van der Waals surface area contributed by atoms with Gasteiger partial charge in [0, 0.05) is 25.4 Å². The quantitative estimate of drug-likeness (QED) is 0.575. The highest BCUT2D eigenvalue weighted by molar-refractivity contribution is 7.91. The highest BCUT2D eigenvalue weighted by atomic mass is 32.2. The number of nitrogens with zero attached hydrogens (tertiary/aromatic N) is 1. The van der Waals surface area contributed by atoms with Gasteiger partial charge in [-0.05, 0) is 47.9 Å². The lowest BCUT2D eigenvalue weighted by Crippen LogP contribution is -2.32. The average molecular weight is 412 g/mol. The fraction of sp³-hybridized carbons (Fsp3) is 0.182. The molecule has 3 aromatic rings. The number of amides is 1. The number of carbonyl (C=O) groups is 1. The highest BCUT2D eigenvalue weighted by Gasteiger charge is 2.29. The molecule has 1 N–H and O–H groups in total. The van der Waals surface area contributed by atoms with Gasteiger partial charge in [0.05, 0.1) is 4.90 Å². The average Bonchev–Trinajstić information content (AvgIpc) is 2.74. The van der Waals surface area contributed by atoms with Crippen molar-refractivity contribution in [1.29, 1.82) is 0 Å². The van der Waals surface area contributed by atoms with Crippen LogP contribution in [0.3, 0.4) is 0 Å². The molecule has 1 aromatic heterocycles. The Morgan fingerprint density at radius 3 is 2.38 bits per heavy atom. The molecule has 2 aromatic carbocycles. The molecule has 29 heavy (non-hydrogen) atoms. The van der Waals surface area contributed by atoms with E-state index in [9.17, 15) is 17.6 Å². The first-order chi connectivity index (χ1) is 14.0. The van der Waals surface area contributed by atoms with Gasteiger partial charge in [0.15, 0.2) is 9.84 Å². The van der Waals surface area contributed by atoms with Crippen LogP contribution in [-0.4, -0.2) is 25.9 Å². The second kappa shape index (κ2) is 9.43. The van der Waals surface area contributed by atoms with Gasteiger partial charge in [-0.1, -0.05) is 36.4 Å². The van der Waals surface area contributed by atoms with Gasteiger partial charge in [-0.15, -0.1) is 0 Å². The maximum absolute atomic E-state index is 13.2. The Bertz CT molecular complexity index is 1040. The summed E-state index contributed by atoms with van der Waals surface area (Å²) in [6.45, 7) is -0.0982. The van der Waals surface area contributed by atoms with Crippen LogP contribution in [0.25, 0.3) is 0 Å². The number of hydrogen-bond donors (Lipinski definition) is 1. The SMILES string of the molecule is O=C(CCc1ccccc1)NC[C@H](c1cccnc1)S(=O)(=O)c1ccc(F)cc1. The Labute approximate surface area is 169 Å². The summed E-state index contributed by atoms with van der Waals surface area (Å²) in [5, 5.41) is 1.69. The summed E-state index contributed by atoms with van der Waals surface area (Å²) >= 11 is 0. The van der Waals surface area contributed by atoms with Gasteiger partial charge in [0.25, 0.3) is 0 Å². The predicted octanol–water partition coefficient (Wildman–Crippen LogP) is 3.48. The minimum atomic E-state index is -3.86. The van der Waals surface area contributed by atoms with E-state index < -0.39 is 20.9 Å². The molecule has 150 valence electrons. The molecule has 7 heteroatoms. The van der Waals surface area contributed by atoms with E-state index in [4.69, 9.17) is 0 Å². The molecule has 0 saturated carbocycles. The number of hydrogen-bond acceptors (Lipinski definition) is 4. The van der Waals surface area contributed by atoms with Crippen molar-refractivity contribution < 1.29 is 17.6 Å². The maximum Gasteiger partial charge on any atom is 0.220 e. The van der Waals surface area contributed by atoms with E-state index >= 15 is 0 Å². The molecule has 5 nitrogen and oxygen atoms in total. The number of aryl methyl sites for hydroxylation is 1. The number of halogens is 1. The van der Waals surface area contributed by atoms with Gasteiger partial charge < -0.3 is 5.32 Å². The van der Waals surface area contributed by atoms with E-state index in [1.807, 2.05) is 30.3 Å². The summed E-state index contributed by atoms with van der Waals surface area (Å²) in [5.41, 5.74) is 1.49. The molecule has 0 aliphatic heterocycles. The van der Waals surface area contributed by atoms with E-state index in [1.165, 1.54) is 18.3 Å². The van der Waals surface area contributed by atoms with Crippen molar-refractivity contribution >= 4 is 15.7 Å². The number of sulfone groups is 1. The topological polar surface area (TPSA) is 76.1 Å². The van der Waals surface area contributed by atoms with Gasteiger partial charge in [-0.3, -0.25) is 9.78 Å². The molecule has 1 amide bonds. The Kier molecular flexibility index (Phi) is 6.72. The van der Waals surface area contributed by atoms with E-state index in [0.29, 0.717) is 12.0 Å². The van der Waals surface area contributed by atoms with Gasteiger partial charge in [0.2, 0.25) is 5.91 Å². The molecule has 1 heterocycles. The third-order valence-electron chi connectivity index (χ3n) is 4.54. The van der Waals surface area contributed by atoms with Crippen LogP contribution in [-0.2, 0) is 21.1 Å². The zero-order chi connectivity index (χ0) is 20.7. The summed E-state index contributed by atoms with van der Waals surface area (Å²) in [5.74, 6) is -0.756. The molecule has 0 fully saturated rings. The van der Waals surface area contributed by atoms with E-state index in [-0.39, 0.29) is 23.8 Å². The summed E-state index contributed by atoms with van der Waals surface area (Å²) in [6.07, 6.45) is 3.82. The second-order valence-corrected chi connectivity index (χ2v) is 8.69. The molecule has 0 unspecified atom stereocenters. The summed E-state index contributed by atoms with van der Waals surface area (Å²) < 4.78 is 39.5. The first-order valence-electron chi connectivity index (χ1n) is 9.17. The third kappa shape index (κ3) is 5.48. The number of aromatic nitrogens is 1. The van der Waals surface area contributed by atoms with Gasteiger partial charge in [0.1, 0.15) is 11.1 Å². The van der Waals surface area contributed by atoms with E-state index in [2.05, 4.69) is 10.3 Å². The molecule has 0 aliphatic carbocycles. The zero-order valence-electron chi connectivity index (χ0n) is 15.7. The summed E-state index contributed by atoms with van der Waals surface area (Å²) in [7, 11) is -3.86. The van der Waals surface area contributed by atoms with Gasteiger partial charge >= 0.3 is 0 Å². The Balaban J connectivity index is 1.74. The lowest BCUT2D eigenvalue weighted by molar-refractivity contribution is -0.121. The minimum absolute atomic E-state index is 0.00807. The van der Waals surface area contributed by atoms with Crippen LogP contribution < -0.4 is 5.32 Å². The summed E-state index contributed by atoms with van der Waals surface area (Å²) in [6, 6.07) is 17.5. The molecular formula is C22H21FN2O3S. The van der Waals surface area contributed by atoms with Crippen LogP contribution in [0.2, 0.25) is 0 Å². The van der Waals surface area contributed by atoms with E-state index in [0.717, 1.165) is 17.7 Å². The largest absolute Gasteiger partial charge is 0.354 e. The van der Waals surface area contributed by atoms with Crippen LogP contribution in [0.15, 0.2) is 84.0 Å². The van der Waals surface area contributed by atoms with E-state index in [1.54, 1.807) is 18.3 Å². The smallest absolute Gasteiger partial charge is 0.220 e. The van der Waals surface area contributed by atoms with Crippen molar-refractivity contribution in [2.24, 2.45) is 0 Å². The molecule has 0 spiro atoms. The summed E-state index contributed by atoms with van der Waals surface area (Å²) in [4.78, 5) is 16.3. The minimum Gasteiger partial charge on any atom is -0.354 e. The number of carbonyl (C=O) groups excluding carboxylic acids is 1. The van der Waals surface area contributed by atoms with Crippen molar-refractivity contribution in [3.8, 4) is 0 Å². The van der Waals surface area contributed by atoms with Crippen molar-refractivity contribution in [3.63, 3.8) is 0 Å². The monoisotopic (exact) mass is 412 g/mol. The van der Waals surface area contributed by atoms with Crippen LogP contribution in [0.4, 0.5) is 4.39 Å². The van der Waals surface area contributed by atoms with Crippen LogP contribution in [0, 0.1) is 5.82 Å². The fourth-order valence-corrected chi connectivity index (χ4v) is 4.60. The first kappa shape index (κ1) is 20.7. The van der Waals surface area contributed by atoms with Gasteiger partial charge in [-0.2, -0.15) is 0 Å². The Morgan fingerprint density at radius 1 is 1.00 bits per heavy atom. The zero-order valence-corrected chi connectivity index (χ0v) is 16.5. The first-order valence-corrected chi connectivity index (χ1v) is 10.7. The maximum atomic E-state index is 13.2. The molecule has 0 saturated heterocycles. The molecule has 1 atom stereocenters. The predicted molar refractivity (Wildman–Crippen MR) is 108 cm³/mol. The lowest BCUT2D eigenvalue weighted by Gasteiger charge is -2.19. The van der Waals surface area contributed by atoms with Crippen molar-refractivity contribution in [2.45, 2.75) is 23.0 Å². The lowest BCUT2D eigenvalue weighted by atomic mass is 10.1. The van der Waals surface area contributed by atoms with Crippen LogP contribution in [0.5, 0.6) is 0 Å². The fourth-order valence-electron chi connectivity index (χ4n) is 2.96. The highest BCUT2D eigenvalue weighted by Crippen LogP contribution is 2.28. The normalized spacial score (nSPS) is 12.3. The molecule has 0 radical (unpaired) electrons. The number of pyridine rings is 1. The standard InChI is InChI=1S/C22H21FN2O3S/c23-19-9-11-20(12-10-19)29(27,28)21(18-7-4-14-24-15-18)16-25-22(26)13-8-17-5-2-1-3-6-17/h1-7,9-12,14-15,21H,8,13,16H2,(H,25,26)/t21-/m1/s1. The third-order valence-corrected chi connectivity index (χ3v) is 6.66.